The van der Waals surface area contributed by atoms with Crippen LogP contribution in [0.1, 0.15) is 5.82 Å². The molecule has 0 bridgehead atoms. The molecule has 1 aliphatic heterocycles. The molecule has 1 aliphatic rings. The lowest BCUT2D eigenvalue weighted by Crippen LogP contribution is -2.47. The molecular formula is C17H23N9. The van der Waals surface area contributed by atoms with Gasteiger partial charge in [-0.2, -0.15) is 5.10 Å². The van der Waals surface area contributed by atoms with E-state index in [-0.39, 0.29) is 0 Å². The van der Waals surface area contributed by atoms with Gasteiger partial charge in [-0.05, 0) is 6.92 Å². The zero-order valence-electron chi connectivity index (χ0n) is 15.6. The maximum Gasteiger partial charge on any atom is 0.163 e. The number of anilines is 3. The first-order chi connectivity index (χ1) is 12.5. The topological polar surface area (TPSA) is 79.1 Å². The maximum absolute atomic E-state index is 4.68. The van der Waals surface area contributed by atoms with Gasteiger partial charge in [0.1, 0.15) is 29.6 Å². The lowest BCUT2D eigenvalue weighted by molar-refractivity contribution is 0.641. The van der Waals surface area contributed by atoms with Gasteiger partial charge in [0.05, 0.1) is 11.6 Å². The molecular weight excluding hydrogens is 330 g/mol. The highest BCUT2D eigenvalue weighted by Crippen LogP contribution is 2.25. The summed E-state index contributed by atoms with van der Waals surface area (Å²) >= 11 is 0. The highest BCUT2D eigenvalue weighted by molar-refractivity contribution is 5.87. The molecule has 0 atom stereocenters. The molecule has 1 saturated heterocycles. The Balaban J connectivity index is 1.55. The predicted octanol–water partition coefficient (Wildman–Crippen LogP) is 0.854. The van der Waals surface area contributed by atoms with Crippen molar-refractivity contribution >= 4 is 28.5 Å². The lowest BCUT2D eigenvalue weighted by atomic mass is 10.2. The Morgan fingerprint density at radius 3 is 2.46 bits per heavy atom. The summed E-state index contributed by atoms with van der Waals surface area (Å²) in [6, 6.07) is 2.03. The van der Waals surface area contributed by atoms with E-state index in [0.717, 1.165) is 60.5 Å². The molecule has 3 aromatic rings. The van der Waals surface area contributed by atoms with Crippen LogP contribution in [0.25, 0.3) is 11.0 Å². The van der Waals surface area contributed by atoms with Crippen LogP contribution in [-0.2, 0) is 7.05 Å². The fourth-order valence-electron chi connectivity index (χ4n) is 3.26. The van der Waals surface area contributed by atoms with E-state index in [1.807, 2.05) is 45.2 Å². The summed E-state index contributed by atoms with van der Waals surface area (Å²) in [6.07, 6.45) is 3.48. The van der Waals surface area contributed by atoms with Gasteiger partial charge in [-0.1, -0.05) is 0 Å². The normalized spacial score (nSPS) is 14.9. The minimum atomic E-state index is 0.768. The zero-order chi connectivity index (χ0) is 18.3. The SMILES string of the molecule is Cc1nc(N2CCN(c3cc(N(C)C)ncn3)CC2)c2cnn(C)c2n1. The van der Waals surface area contributed by atoms with Crippen LogP contribution in [0.3, 0.4) is 0 Å². The number of hydrogen-bond acceptors (Lipinski definition) is 8. The third-order valence-corrected chi connectivity index (χ3v) is 4.68. The average Bonchev–Trinajstić information content (AvgIpc) is 3.02. The van der Waals surface area contributed by atoms with Crippen LogP contribution < -0.4 is 14.7 Å². The smallest absolute Gasteiger partial charge is 0.163 e. The quantitative estimate of drug-likeness (QED) is 0.686. The molecule has 0 radical (unpaired) electrons. The average molecular weight is 353 g/mol. The zero-order valence-corrected chi connectivity index (χ0v) is 15.6. The van der Waals surface area contributed by atoms with Crippen molar-refractivity contribution in [3.8, 4) is 0 Å². The van der Waals surface area contributed by atoms with Crippen molar-refractivity contribution in [1.82, 2.24) is 29.7 Å². The molecule has 0 unspecified atom stereocenters. The number of aromatic nitrogens is 6. The fraction of sp³-hybridized carbons (Fsp3) is 0.471. The van der Waals surface area contributed by atoms with Crippen LogP contribution in [-0.4, -0.2) is 70.0 Å². The van der Waals surface area contributed by atoms with Gasteiger partial charge in [0.15, 0.2) is 5.65 Å². The molecule has 4 heterocycles. The molecule has 3 aromatic heterocycles. The minimum absolute atomic E-state index is 0.768. The minimum Gasteiger partial charge on any atom is -0.363 e. The van der Waals surface area contributed by atoms with E-state index in [1.54, 1.807) is 11.0 Å². The van der Waals surface area contributed by atoms with Crippen LogP contribution in [0.15, 0.2) is 18.6 Å². The maximum atomic E-state index is 4.68. The highest BCUT2D eigenvalue weighted by atomic mass is 15.3. The van der Waals surface area contributed by atoms with Crippen LogP contribution in [0, 0.1) is 6.92 Å². The van der Waals surface area contributed by atoms with E-state index in [2.05, 4.69) is 34.8 Å². The Kier molecular flexibility index (Phi) is 4.06. The Bertz CT molecular complexity index is 925. The van der Waals surface area contributed by atoms with Crippen LogP contribution in [0.5, 0.6) is 0 Å². The van der Waals surface area contributed by atoms with Gasteiger partial charge in [-0.25, -0.2) is 19.9 Å². The van der Waals surface area contributed by atoms with Crippen LogP contribution >= 0.6 is 0 Å². The summed E-state index contributed by atoms with van der Waals surface area (Å²) in [5.41, 5.74) is 0.876. The van der Waals surface area contributed by atoms with Gasteiger partial charge >= 0.3 is 0 Å². The van der Waals surface area contributed by atoms with Crippen molar-refractivity contribution in [2.75, 3.05) is 55.0 Å². The number of nitrogens with zero attached hydrogens (tertiary/aromatic N) is 9. The Hall–Kier alpha value is -2.97. The summed E-state index contributed by atoms with van der Waals surface area (Å²) in [6.45, 7) is 5.45. The highest BCUT2D eigenvalue weighted by Gasteiger charge is 2.22. The number of aryl methyl sites for hydroxylation is 2. The van der Waals surface area contributed by atoms with Crippen molar-refractivity contribution in [1.29, 1.82) is 0 Å². The molecule has 9 heteroatoms. The van der Waals surface area contributed by atoms with E-state index in [1.165, 1.54) is 0 Å². The molecule has 0 N–H and O–H groups in total. The standard InChI is InChI=1S/C17H23N9/c1-12-21-16-13(10-20-24(16)4)17(22-12)26-7-5-25(6-8-26)15-9-14(23(2)3)18-11-19-15/h9-11H,5-8H2,1-4H3. The molecule has 0 saturated carbocycles. The van der Waals surface area contributed by atoms with Gasteiger partial charge in [0.2, 0.25) is 0 Å². The van der Waals surface area contributed by atoms with Crippen molar-refractivity contribution in [2.45, 2.75) is 6.92 Å². The molecule has 4 rings (SSSR count). The Labute approximate surface area is 152 Å². The number of rotatable bonds is 3. The molecule has 1 fully saturated rings. The predicted molar refractivity (Wildman–Crippen MR) is 102 cm³/mol. The van der Waals surface area contributed by atoms with Gasteiger partial charge in [-0.3, -0.25) is 4.68 Å². The first kappa shape index (κ1) is 16.5. The van der Waals surface area contributed by atoms with Crippen molar-refractivity contribution in [3.05, 3.63) is 24.4 Å². The Morgan fingerprint density at radius 2 is 1.73 bits per heavy atom. The third-order valence-electron chi connectivity index (χ3n) is 4.68. The summed E-state index contributed by atoms with van der Waals surface area (Å²) in [7, 11) is 5.88. The van der Waals surface area contributed by atoms with Crippen LogP contribution in [0.2, 0.25) is 0 Å². The van der Waals surface area contributed by atoms with Crippen LogP contribution in [0.4, 0.5) is 17.5 Å². The summed E-state index contributed by atoms with van der Waals surface area (Å²) in [4.78, 5) is 24.5. The fourth-order valence-corrected chi connectivity index (χ4v) is 3.26. The van der Waals surface area contributed by atoms with Gasteiger partial charge in [0.25, 0.3) is 0 Å². The summed E-state index contributed by atoms with van der Waals surface area (Å²) in [5.74, 6) is 3.62. The van der Waals surface area contributed by atoms with Gasteiger partial charge in [-0.15, -0.1) is 0 Å². The van der Waals surface area contributed by atoms with Gasteiger partial charge < -0.3 is 14.7 Å². The van der Waals surface area contributed by atoms with Crippen molar-refractivity contribution in [3.63, 3.8) is 0 Å². The van der Waals surface area contributed by atoms with E-state index in [9.17, 15) is 0 Å². The molecule has 0 spiro atoms. The second-order valence-electron chi connectivity index (χ2n) is 6.70. The lowest BCUT2D eigenvalue weighted by Gasteiger charge is -2.36. The van der Waals surface area contributed by atoms with E-state index >= 15 is 0 Å². The molecule has 0 aromatic carbocycles. The van der Waals surface area contributed by atoms with E-state index in [0.29, 0.717) is 0 Å². The van der Waals surface area contributed by atoms with Gasteiger partial charge in [0, 0.05) is 53.4 Å². The molecule has 0 amide bonds. The van der Waals surface area contributed by atoms with E-state index in [4.69, 9.17) is 0 Å². The number of hydrogen-bond donors (Lipinski definition) is 0. The summed E-state index contributed by atoms with van der Waals surface area (Å²) in [5, 5.41) is 5.34. The van der Waals surface area contributed by atoms with Crippen molar-refractivity contribution in [2.24, 2.45) is 7.05 Å². The number of fused-ring (bicyclic) bond motifs is 1. The Morgan fingerprint density at radius 1 is 1.00 bits per heavy atom. The monoisotopic (exact) mass is 353 g/mol. The third kappa shape index (κ3) is 2.89. The molecule has 9 nitrogen and oxygen atoms in total. The first-order valence-corrected chi connectivity index (χ1v) is 8.68. The van der Waals surface area contributed by atoms with Crippen molar-refractivity contribution < 1.29 is 0 Å². The van der Waals surface area contributed by atoms with E-state index < -0.39 is 0 Å². The molecule has 26 heavy (non-hydrogen) atoms. The summed E-state index contributed by atoms with van der Waals surface area (Å²) < 4.78 is 1.80. The molecule has 136 valence electrons. The first-order valence-electron chi connectivity index (χ1n) is 8.68. The second-order valence-corrected chi connectivity index (χ2v) is 6.70. The second kappa shape index (κ2) is 6.40. The largest absolute Gasteiger partial charge is 0.363 e. The number of piperazine rings is 1. The molecule has 0 aliphatic carbocycles.